The molecule has 1 N–H and O–H groups in total. The first-order valence-electron chi connectivity index (χ1n) is 10.3. The van der Waals surface area contributed by atoms with Crippen molar-refractivity contribution >= 4 is 41.3 Å². The molecule has 174 valence electrons. The van der Waals surface area contributed by atoms with Crippen LogP contribution in [0.2, 0.25) is 0 Å². The van der Waals surface area contributed by atoms with Gasteiger partial charge in [-0.1, -0.05) is 41.7 Å². The Hall–Kier alpha value is -1.97. The second kappa shape index (κ2) is 12.3. The second-order valence-corrected chi connectivity index (χ2v) is 8.54. The molecule has 3 heterocycles. The van der Waals surface area contributed by atoms with Gasteiger partial charge < -0.3 is 10.1 Å². The van der Waals surface area contributed by atoms with Crippen LogP contribution in [0.4, 0.5) is 5.13 Å². The van der Waals surface area contributed by atoms with Gasteiger partial charge in [0.15, 0.2) is 5.13 Å². The van der Waals surface area contributed by atoms with E-state index in [9.17, 15) is 4.79 Å². The molecule has 0 amide bonds. The summed E-state index contributed by atoms with van der Waals surface area (Å²) in [6, 6.07) is 13.5. The van der Waals surface area contributed by atoms with E-state index in [0.717, 1.165) is 66.4 Å². The Morgan fingerprint density at radius 3 is 2.50 bits per heavy atom. The third-order valence-electron chi connectivity index (χ3n) is 5.03. The number of ether oxygens (including phenoxy) is 1. The van der Waals surface area contributed by atoms with Crippen molar-refractivity contribution in [1.29, 1.82) is 0 Å². The average Bonchev–Trinajstić information content (AvgIpc) is 3.19. The quantitative estimate of drug-likeness (QED) is 0.527. The summed E-state index contributed by atoms with van der Waals surface area (Å²) < 4.78 is 6.94. The van der Waals surface area contributed by atoms with E-state index in [0.29, 0.717) is 0 Å². The summed E-state index contributed by atoms with van der Waals surface area (Å²) in [5.41, 5.74) is 2.59. The third kappa shape index (κ3) is 6.30. The van der Waals surface area contributed by atoms with Crippen LogP contribution in [0.25, 0.3) is 21.8 Å². The van der Waals surface area contributed by atoms with Crippen molar-refractivity contribution in [1.82, 2.24) is 19.7 Å². The van der Waals surface area contributed by atoms with Gasteiger partial charge in [0.25, 0.3) is 5.56 Å². The summed E-state index contributed by atoms with van der Waals surface area (Å²) in [5.74, 6) is 0. The fourth-order valence-electron chi connectivity index (χ4n) is 3.42. The van der Waals surface area contributed by atoms with Crippen LogP contribution in [0.15, 0.2) is 47.3 Å². The number of nitrogens with one attached hydrogen (secondary N) is 1. The summed E-state index contributed by atoms with van der Waals surface area (Å²) in [7, 11) is 0. The molecule has 1 aliphatic heterocycles. The number of halogens is 2. The fraction of sp³-hybridized carbons (Fsp3) is 0.409. The Morgan fingerprint density at radius 1 is 1.09 bits per heavy atom. The van der Waals surface area contributed by atoms with Gasteiger partial charge in [-0.15, -0.1) is 24.8 Å². The fourth-order valence-corrected chi connectivity index (χ4v) is 4.40. The average molecular weight is 498 g/mol. The molecule has 1 aliphatic rings. The Bertz CT molecular complexity index is 1040. The maximum atomic E-state index is 12.2. The minimum atomic E-state index is -0.0941. The van der Waals surface area contributed by atoms with Crippen LogP contribution in [0, 0.1) is 0 Å². The van der Waals surface area contributed by atoms with Crippen LogP contribution in [0.3, 0.4) is 0 Å². The van der Waals surface area contributed by atoms with Crippen LogP contribution < -0.4 is 10.9 Å². The van der Waals surface area contributed by atoms with E-state index in [2.05, 4.69) is 27.4 Å². The van der Waals surface area contributed by atoms with Gasteiger partial charge in [-0.25, -0.2) is 9.67 Å². The molecule has 0 radical (unpaired) electrons. The SMILES string of the molecule is CC(C)n1nc(-c2sc(NCCN3CCOCC3)nc2-c2ccccc2)ccc1=O.Cl.Cl. The highest BCUT2D eigenvalue weighted by Gasteiger charge is 2.18. The number of aromatic nitrogens is 3. The molecule has 0 spiro atoms. The van der Waals surface area contributed by atoms with Gasteiger partial charge in [0.05, 0.1) is 29.8 Å². The van der Waals surface area contributed by atoms with Crippen molar-refractivity contribution < 1.29 is 4.74 Å². The third-order valence-corrected chi connectivity index (χ3v) is 6.06. The molecule has 4 rings (SSSR count). The van der Waals surface area contributed by atoms with Crippen molar-refractivity contribution in [2.75, 3.05) is 44.7 Å². The lowest BCUT2D eigenvalue weighted by Crippen LogP contribution is -2.38. The first-order valence-corrected chi connectivity index (χ1v) is 11.1. The first-order chi connectivity index (χ1) is 14.6. The number of benzene rings is 1. The van der Waals surface area contributed by atoms with Crippen LogP contribution in [-0.4, -0.2) is 59.1 Å². The van der Waals surface area contributed by atoms with Gasteiger partial charge in [0.1, 0.15) is 5.69 Å². The predicted molar refractivity (Wildman–Crippen MR) is 136 cm³/mol. The minimum Gasteiger partial charge on any atom is -0.379 e. The highest BCUT2D eigenvalue weighted by Crippen LogP contribution is 2.37. The van der Waals surface area contributed by atoms with Crippen molar-refractivity contribution in [2.45, 2.75) is 19.9 Å². The minimum absolute atomic E-state index is 0. The van der Waals surface area contributed by atoms with E-state index in [-0.39, 0.29) is 36.4 Å². The number of morpholine rings is 1. The van der Waals surface area contributed by atoms with Crippen LogP contribution >= 0.6 is 36.2 Å². The summed E-state index contributed by atoms with van der Waals surface area (Å²) in [6.45, 7) is 9.24. The molecule has 0 unspecified atom stereocenters. The highest BCUT2D eigenvalue weighted by atomic mass is 35.5. The van der Waals surface area contributed by atoms with Crippen molar-refractivity contribution in [2.24, 2.45) is 0 Å². The number of nitrogens with zero attached hydrogens (tertiary/aromatic N) is 4. The molecule has 3 aromatic rings. The molecule has 2 aromatic heterocycles. The van der Waals surface area contributed by atoms with Crippen LogP contribution in [0.5, 0.6) is 0 Å². The van der Waals surface area contributed by atoms with Crippen LogP contribution in [0.1, 0.15) is 19.9 Å². The standard InChI is InChI=1S/C22H27N5O2S.2ClH/c1-16(2)27-19(28)9-8-18(25-27)21-20(17-6-4-3-5-7-17)24-22(30-21)23-10-11-26-12-14-29-15-13-26;;/h3-9,16H,10-15H2,1-2H3,(H,23,24);2*1H. The maximum absolute atomic E-state index is 12.2. The largest absolute Gasteiger partial charge is 0.379 e. The van der Waals surface area contributed by atoms with E-state index in [1.807, 2.05) is 32.0 Å². The zero-order valence-electron chi connectivity index (χ0n) is 18.2. The molecule has 0 bridgehead atoms. The molecular weight excluding hydrogens is 469 g/mol. The highest BCUT2D eigenvalue weighted by molar-refractivity contribution is 7.19. The topological polar surface area (TPSA) is 72.3 Å². The first kappa shape index (κ1) is 26.3. The molecule has 1 saturated heterocycles. The molecule has 10 heteroatoms. The number of anilines is 1. The Balaban J connectivity index is 0.00000181. The molecular formula is C22H29Cl2N5O2S. The van der Waals surface area contributed by atoms with Crippen molar-refractivity contribution in [3.8, 4) is 21.8 Å². The van der Waals surface area contributed by atoms with Crippen molar-refractivity contribution in [3.05, 3.63) is 52.8 Å². The maximum Gasteiger partial charge on any atom is 0.267 e. The molecule has 0 saturated carbocycles. The molecule has 1 aromatic carbocycles. The smallest absolute Gasteiger partial charge is 0.267 e. The van der Waals surface area contributed by atoms with E-state index in [1.165, 1.54) is 4.68 Å². The number of hydrogen-bond acceptors (Lipinski definition) is 7. The molecule has 32 heavy (non-hydrogen) atoms. The zero-order valence-corrected chi connectivity index (χ0v) is 20.6. The van der Waals surface area contributed by atoms with Gasteiger partial charge in [-0.05, 0) is 19.9 Å². The lowest BCUT2D eigenvalue weighted by Gasteiger charge is -2.26. The van der Waals surface area contributed by atoms with E-state index in [1.54, 1.807) is 23.5 Å². The Kier molecular flexibility index (Phi) is 10.1. The molecule has 0 atom stereocenters. The van der Waals surface area contributed by atoms with Gasteiger partial charge in [0, 0.05) is 37.8 Å². The van der Waals surface area contributed by atoms with E-state index in [4.69, 9.17) is 9.72 Å². The number of rotatable bonds is 7. The number of hydrogen-bond donors (Lipinski definition) is 1. The lowest BCUT2D eigenvalue weighted by atomic mass is 10.1. The molecule has 0 aliphatic carbocycles. The predicted octanol–water partition coefficient (Wildman–Crippen LogP) is 4.20. The van der Waals surface area contributed by atoms with Gasteiger partial charge in [-0.3, -0.25) is 9.69 Å². The van der Waals surface area contributed by atoms with Gasteiger partial charge in [-0.2, -0.15) is 5.10 Å². The Labute approximate surface area is 204 Å². The van der Waals surface area contributed by atoms with Gasteiger partial charge >= 0.3 is 0 Å². The van der Waals surface area contributed by atoms with Crippen LogP contribution in [-0.2, 0) is 4.74 Å². The van der Waals surface area contributed by atoms with E-state index < -0.39 is 0 Å². The summed E-state index contributed by atoms with van der Waals surface area (Å²) in [4.78, 5) is 20.4. The van der Waals surface area contributed by atoms with E-state index >= 15 is 0 Å². The van der Waals surface area contributed by atoms with Crippen molar-refractivity contribution in [3.63, 3.8) is 0 Å². The normalized spacial score (nSPS) is 14.0. The zero-order chi connectivity index (χ0) is 20.9. The lowest BCUT2D eigenvalue weighted by molar-refractivity contribution is 0.0398. The summed E-state index contributed by atoms with van der Waals surface area (Å²) >= 11 is 1.58. The monoisotopic (exact) mass is 497 g/mol. The summed E-state index contributed by atoms with van der Waals surface area (Å²) in [5, 5.41) is 8.95. The Morgan fingerprint density at radius 2 is 1.81 bits per heavy atom. The second-order valence-electron chi connectivity index (χ2n) is 7.54. The number of thiazole rings is 1. The molecule has 7 nitrogen and oxygen atoms in total. The summed E-state index contributed by atoms with van der Waals surface area (Å²) in [6.07, 6.45) is 0. The molecule has 1 fully saturated rings. The van der Waals surface area contributed by atoms with Gasteiger partial charge in [0.2, 0.25) is 0 Å².